The van der Waals surface area contributed by atoms with Crippen LogP contribution in [0.1, 0.15) is 12.8 Å². The molecule has 2 aromatic rings. The molecule has 1 unspecified atom stereocenters. The molecule has 0 aliphatic carbocycles. The molecule has 0 spiro atoms. The highest BCUT2D eigenvalue weighted by Gasteiger charge is 2.31. The van der Waals surface area contributed by atoms with Gasteiger partial charge in [0.05, 0.1) is 12.4 Å². The van der Waals surface area contributed by atoms with Gasteiger partial charge < -0.3 is 20.1 Å². The van der Waals surface area contributed by atoms with E-state index >= 15 is 0 Å². The van der Waals surface area contributed by atoms with E-state index < -0.39 is 0 Å². The number of urea groups is 1. The van der Waals surface area contributed by atoms with E-state index in [9.17, 15) is 9.59 Å². The maximum Gasteiger partial charge on any atom is 0.315 e. The topological polar surface area (TPSA) is 79.3 Å². The van der Waals surface area contributed by atoms with E-state index in [1.807, 2.05) is 10.8 Å². The molecule has 1 saturated heterocycles. The maximum atomic E-state index is 12.2. The number of halogens is 1. The Bertz CT molecular complexity index is 717. The van der Waals surface area contributed by atoms with E-state index in [2.05, 4.69) is 15.6 Å². The second-order valence-corrected chi connectivity index (χ2v) is 6.37. The fraction of sp³-hybridized carbons (Fsp3) is 0.353. The average molecular weight is 362 g/mol. The predicted octanol–water partition coefficient (Wildman–Crippen LogP) is 2.03. The molecule has 0 saturated carbocycles. The van der Waals surface area contributed by atoms with Gasteiger partial charge in [0, 0.05) is 49.2 Å². The Morgan fingerprint density at radius 2 is 2.12 bits per heavy atom. The standard InChI is InChI=1S/C17H20ClN5O2/c18-13-2-4-15(5-3-13)23-11-14(10-16(23)24)21-17(25)20-6-1-8-22-9-7-19-12-22/h2-5,7,9,12,14H,1,6,8,10-11H2,(H2,20,21,25). The second-order valence-electron chi connectivity index (χ2n) is 5.94. The van der Waals surface area contributed by atoms with E-state index in [4.69, 9.17) is 11.6 Å². The number of anilines is 1. The first kappa shape index (κ1) is 17.3. The van der Waals surface area contributed by atoms with Gasteiger partial charge >= 0.3 is 6.03 Å². The van der Waals surface area contributed by atoms with Crippen molar-refractivity contribution in [2.45, 2.75) is 25.4 Å². The van der Waals surface area contributed by atoms with Crippen molar-refractivity contribution in [3.63, 3.8) is 0 Å². The van der Waals surface area contributed by atoms with Crippen LogP contribution in [0.3, 0.4) is 0 Å². The van der Waals surface area contributed by atoms with Crippen LogP contribution >= 0.6 is 11.6 Å². The van der Waals surface area contributed by atoms with Gasteiger partial charge in [-0.25, -0.2) is 9.78 Å². The van der Waals surface area contributed by atoms with Gasteiger partial charge in [0.25, 0.3) is 0 Å². The van der Waals surface area contributed by atoms with Gasteiger partial charge in [0.2, 0.25) is 5.91 Å². The summed E-state index contributed by atoms with van der Waals surface area (Å²) in [7, 11) is 0. The normalized spacial score (nSPS) is 16.9. The SMILES string of the molecule is O=C(NCCCn1ccnc1)NC1CC(=O)N(c2ccc(Cl)cc2)C1. The fourth-order valence-corrected chi connectivity index (χ4v) is 2.92. The summed E-state index contributed by atoms with van der Waals surface area (Å²) < 4.78 is 1.96. The van der Waals surface area contributed by atoms with Gasteiger partial charge in [0.1, 0.15) is 0 Å². The number of nitrogens with zero attached hydrogens (tertiary/aromatic N) is 3. The number of carbonyl (C=O) groups excluding carboxylic acids is 2. The highest BCUT2D eigenvalue weighted by molar-refractivity contribution is 6.30. The molecule has 132 valence electrons. The van der Waals surface area contributed by atoms with E-state index in [0.717, 1.165) is 18.7 Å². The Hall–Kier alpha value is -2.54. The first-order chi connectivity index (χ1) is 12.1. The lowest BCUT2D eigenvalue weighted by Gasteiger charge is -2.17. The number of aryl methyl sites for hydroxylation is 1. The van der Waals surface area contributed by atoms with Crippen molar-refractivity contribution in [3.05, 3.63) is 48.0 Å². The van der Waals surface area contributed by atoms with Crippen LogP contribution in [0.4, 0.5) is 10.5 Å². The number of carbonyl (C=O) groups is 2. The van der Waals surface area contributed by atoms with Gasteiger partial charge in [-0.15, -0.1) is 0 Å². The molecule has 8 heteroatoms. The number of nitrogens with one attached hydrogen (secondary N) is 2. The molecule has 1 aliphatic heterocycles. The predicted molar refractivity (Wildman–Crippen MR) is 95.6 cm³/mol. The first-order valence-electron chi connectivity index (χ1n) is 8.18. The first-order valence-corrected chi connectivity index (χ1v) is 8.55. The zero-order chi connectivity index (χ0) is 17.6. The molecule has 1 atom stereocenters. The average Bonchev–Trinajstić information content (AvgIpc) is 3.22. The Kier molecular flexibility index (Phi) is 5.55. The summed E-state index contributed by atoms with van der Waals surface area (Å²) in [6.07, 6.45) is 6.46. The monoisotopic (exact) mass is 361 g/mol. The zero-order valence-electron chi connectivity index (χ0n) is 13.7. The summed E-state index contributed by atoms with van der Waals surface area (Å²) in [5.74, 6) is -0.00673. The molecule has 3 amide bonds. The number of amides is 3. The Labute approximate surface area is 151 Å². The van der Waals surface area contributed by atoms with E-state index in [0.29, 0.717) is 24.5 Å². The minimum atomic E-state index is -0.249. The van der Waals surface area contributed by atoms with Crippen LogP contribution in [-0.2, 0) is 11.3 Å². The van der Waals surface area contributed by atoms with Crippen molar-refractivity contribution in [1.29, 1.82) is 0 Å². The molecule has 1 aromatic carbocycles. The molecule has 1 aliphatic rings. The van der Waals surface area contributed by atoms with Crippen LogP contribution in [-0.4, -0.2) is 40.6 Å². The summed E-state index contributed by atoms with van der Waals surface area (Å²) in [6, 6.07) is 6.66. The van der Waals surface area contributed by atoms with Gasteiger partial charge in [-0.2, -0.15) is 0 Å². The van der Waals surface area contributed by atoms with E-state index in [-0.39, 0.29) is 18.0 Å². The van der Waals surface area contributed by atoms with Crippen molar-refractivity contribution in [1.82, 2.24) is 20.2 Å². The maximum absolute atomic E-state index is 12.2. The Balaban J connectivity index is 1.41. The lowest BCUT2D eigenvalue weighted by atomic mass is 10.2. The molecule has 3 rings (SSSR count). The Morgan fingerprint density at radius 3 is 2.84 bits per heavy atom. The van der Waals surface area contributed by atoms with Gasteiger partial charge in [-0.3, -0.25) is 4.79 Å². The molecule has 2 N–H and O–H groups in total. The third kappa shape index (κ3) is 4.73. The second kappa shape index (κ2) is 8.02. The van der Waals surface area contributed by atoms with Crippen LogP contribution in [0.15, 0.2) is 43.0 Å². The summed E-state index contributed by atoms with van der Waals surface area (Å²) in [4.78, 5) is 29.8. The molecule has 25 heavy (non-hydrogen) atoms. The van der Waals surface area contributed by atoms with Crippen molar-refractivity contribution in [2.24, 2.45) is 0 Å². The summed E-state index contributed by atoms with van der Waals surface area (Å²) >= 11 is 5.87. The van der Waals surface area contributed by atoms with Crippen LogP contribution in [0.5, 0.6) is 0 Å². The molecule has 0 bridgehead atoms. The van der Waals surface area contributed by atoms with Crippen molar-refractivity contribution in [2.75, 3.05) is 18.0 Å². The molecule has 2 heterocycles. The molecule has 1 fully saturated rings. The van der Waals surface area contributed by atoms with E-state index in [1.54, 1.807) is 41.7 Å². The van der Waals surface area contributed by atoms with Crippen LogP contribution in [0.2, 0.25) is 5.02 Å². The summed E-state index contributed by atoms with van der Waals surface area (Å²) in [6.45, 7) is 1.82. The van der Waals surface area contributed by atoms with E-state index in [1.165, 1.54) is 0 Å². The highest BCUT2D eigenvalue weighted by Crippen LogP contribution is 2.23. The largest absolute Gasteiger partial charge is 0.338 e. The lowest BCUT2D eigenvalue weighted by Crippen LogP contribution is -2.43. The quantitative estimate of drug-likeness (QED) is 0.773. The van der Waals surface area contributed by atoms with Gasteiger partial charge in [-0.05, 0) is 30.7 Å². The number of rotatable bonds is 6. The minimum absolute atomic E-state index is 0.00673. The minimum Gasteiger partial charge on any atom is -0.338 e. The number of imidazole rings is 1. The lowest BCUT2D eigenvalue weighted by molar-refractivity contribution is -0.117. The van der Waals surface area contributed by atoms with Crippen molar-refractivity contribution < 1.29 is 9.59 Å². The molecule has 0 radical (unpaired) electrons. The Morgan fingerprint density at radius 1 is 1.32 bits per heavy atom. The third-order valence-corrected chi connectivity index (χ3v) is 4.29. The van der Waals surface area contributed by atoms with Crippen LogP contribution in [0, 0.1) is 0 Å². The van der Waals surface area contributed by atoms with Crippen LogP contribution < -0.4 is 15.5 Å². The molecular weight excluding hydrogens is 342 g/mol. The van der Waals surface area contributed by atoms with Gasteiger partial charge in [-0.1, -0.05) is 11.6 Å². The van der Waals surface area contributed by atoms with Crippen LogP contribution in [0.25, 0.3) is 0 Å². The zero-order valence-corrected chi connectivity index (χ0v) is 14.4. The van der Waals surface area contributed by atoms with Gasteiger partial charge in [0.15, 0.2) is 0 Å². The van der Waals surface area contributed by atoms with Crippen molar-refractivity contribution >= 4 is 29.2 Å². The molecular formula is C17H20ClN5O2. The summed E-state index contributed by atoms with van der Waals surface area (Å²) in [5.41, 5.74) is 0.791. The number of aromatic nitrogens is 2. The number of hydrogen-bond donors (Lipinski definition) is 2. The highest BCUT2D eigenvalue weighted by atomic mass is 35.5. The smallest absolute Gasteiger partial charge is 0.315 e. The third-order valence-electron chi connectivity index (χ3n) is 4.04. The molecule has 7 nitrogen and oxygen atoms in total. The molecule has 1 aromatic heterocycles. The number of hydrogen-bond acceptors (Lipinski definition) is 3. The van der Waals surface area contributed by atoms with Crippen molar-refractivity contribution in [3.8, 4) is 0 Å². The number of benzene rings is 1. The fourth-order valence-electron chi connectivity index (χ4n) is 2.79. The summed E-state index contributed by atoms with van der Waals surface area (Å²) in [5, 5.41) is 6.30.